The quantitative estimate of drug-likeness (QED) is 0.304. The molecule has 1 aliphatic heterocycles. The highest BCUT2D eigenvalue weighted by Gasteiger charge is 2.37. The van der Waals surface area contributed by atoms with Crippen molar-refractivity contribution in [3.8, 4) is 0 Å². The summed E-state index contributed by atoms with van der Waals surface area (Å²) in [5.41, 5.74) is 0. The van der Waals surface area contributed by atoms with Crippen LogP contribution in [0.1, 0.15) is 0 Å². The van der Waals surface area contributed by atoms with Crippen LogP contribution in [0.5, 0.6) is 0 Å². The maximum absolute atomic E-state index is 8.81. The van der Waals surface area contributed by atoms with Gasteiger partial charge in [-0.25, -0.2) is 0 Å². The summed E-state index contributed by atoms with van der Waals surface area (Å²) < 4.78 is 4.22. The van der Waals surface area contributed by atoms with E-state index in [1.54, 1.807) is 0 Å². The van der Waals surface area contributed by atoms with Crippen LogP contribution in [-0.2, 0) is 4.74 Å². The van der Waals surface area contributed by atoms with Crippen molar-refractivity contribution in [2.45, 2.75) is 24.6 Å². The Labute approximate surface area is 57.5 Å². The molecule has 0 aromatic rings. The van der Waals surface area contributed by atoms with Crippen LogP contribution in [0.2, 0.25) is 0 Å². The van der Waals surface area contributed by atoms with Gasteiger partial charge in [0.2, 0.25) is 0 Å². The lowest BCUT2D eigenvalue weighted by Gasteiger charge is -2.30. The molecule has 0 aromatic heterocycles. The summed E-state index contributed by atoms with van der Waals surface area (Å²) in [6.45, 7) is 1.91. The topological polar surface area (TPSA) is 90.2 Å². The molecule has 1 aliphatic rings. The Morgan fingerprint density at radius 1 is 1.00 bits per heavy atom. The van der Waals surface area contributed by atoms with Crippen molar-refractivity contribution >= 4 is 0 Å². The zero-order valence-corrected chi connectivity index (χ0v) is 5.01. The number of rotatable bonds is 0. The monoisotopic (exact) mass is 148 g/mol. The van der Waals surface area contributed by atoms with Gasteiger partial charge in [0.1, 0.15) is 18.3 Å². The van der Waals surface area contributed by atoms with Crippen LogP contribution in [0.15, 0.2) is 0 Å². The van der Waals surface area contributed by atoms with Gasteiger partial charge in [0, 0.05) is 0 Å². The number of aliphatic hydroxyl groups is 4. The van der Waals surface area contributed by atoms with E-state index in [4.69, 9.17) is 20.4 Å². The molecule has 10 heavy (non-hydrogen) atoms. The molecule has 0 saturated carbocycles. The molecular weight excluding hydrogens is 140 g/mol. The van der Waals surface area contributed by atoms with E-state index in [0.717, 1.165) is 0 Å². The van der Waals surface area contributed by atoms with Crippen LogP contribution in [0.3, 0.4) is 0 Å². The van der Waals surface area contributed by atoms with E-state index >= 15 is 0 Å². The number of hydrogen-bond donors (Lipinski definition) is 4. The number of ether oxygens (including phenoxy) is 1. The fourth-order valence-corrected chi connectivity index (χ4v) is 0.634. The molecule has 1 saturated heterocycles. The molecule has 5 heteroatoms. The number of hydrogen-bond acceptors (Lipinski definition) is 5. The molecule has 5 nitrogen and oxygen atoms in total. The predicted molar refractivity (Wildman–Crippen MR) is 28.4 cm³/mol. The lowest BCUT2D eigenvalue weighted by atomic mass is 10.1. The zero-order valence-electron chi connectivity index (χ0n) is 5.01. The molecule has 1 rings (SSSR count). The summed E-state index contributed by atoms with van der Waals surface area (Å²) >= 11 is 0. The van der Waals surface area contributed by atoms with E-state index in [1.807, 2.05) is 6.61 Å². The van der Waals surface area contributed by atoms with E-state index in [-0.39, 0.29) is 0 Å². The highest BCUT2D eigenvalue weighted by atomic mass is 16.6. The first-order valence-corrected chi connectivity index (χ1v) is 2.76. The molecule has 58 valence electrons. The molecule has 1 heterocycles. The Balaban J connectivity index is 2.52. The van der Waals surface area contributed by atoms with Gasteiger partial charge >= 0.3 is 0 Å². The minimum absolute atomic E-state index is 1.36. The smallest absolute Gasteiger partial charge is 0.184 e. The molecule has 0 aromatic carbocycles. The third-order valence-electron chi connectivity index (χ3n) is 1.28. The van der Waals surface area contributed by atoms with E-state index < -0.39 is 24.6 Å². The lowest BCUT2D eigenvalue weighted by molar-refractivity contribution is -0.229. The number of aliphatic hydroxyl groups excluding tert-OH is 4. The molecule has 0 amide bonds. The first kappa shape index (κ1) is 7.90. The predicted octanol–water partition coefficient (Wildman–Crippen LogP) is -2.54. The van der Waals surface area contributed by atoms with Crippen LogP contribution in [0.25, 0.3) is 0 Å². The maximum Gasteiger partial charge on any atom is 0.184 e. The van der Waals surface area contributed by atoms with E-state index in [0.29, 0.717) is 0 Å². The zero-order chi connectivity index (χ0) is 7.72. The van der Waals surface area contributed by atoms with Crippen LogP contribution < -0.4 is 0 Å². The van der Waals surface area contributed by atoms with Crippen molar-refractivity contribution in [3.63, 3.8) is 0 Å². The third-order valence-corrected chi connectivity index (χ3v) is 1.28. The summed E-state index contributed by atoms with van der Waals surface area (Å²) in [5.74, 6) is 0. The van der Waals surface area contributed by atoms with Gasteiger partial charge in [0.05, 0.1) is 0 Å². The fraction of sp³-hybridized carbons (Fsp3) is 0.800. The van der Waals surface area contributed by atoms with E-state index in [9.17, 15) is 0 Å². The van der Waals surface area contributed by atoms with E-state index in [2.05, 4.69) is 4.74 Å². The summed E-state index contributed by atoms with van der Waals surface area (Å²) in [6, 6.07) is 0. The Morgan fingerprint density at radius 2 is 1.60 bits per heavy atom. The van der Waals surface area contributed by atoms with Gasteiger partial charge in [-0.2, -0.15) is 0 Å². The van der Waals surface area contributed by atoms with Crippen molar-refractivity contribution in [3.05, 3.63) is 6.61 Å². The largest absolute Gasteiger partial charge is 0.387 e. The standard InChI is InChI=1S/C5H8O5/c6-2-1-10-5(9)4(8)3(2)7/h2-9H. The minimum atomic E-state index is -1.50. The van der Waals surface area contributed by atoms with Crippen molar-refractivity contribution in [2.75, 3.05) is 0 Å². The first-order chi connectivity index (χ1) is 4.63. The van der Waals surface area contributed by atoms with Crippen molar-refractivity contribution < 1.29 is 25.2 Å². The van der Waals surface area contributed by atoms with Gasteiger partial charge < -0.3 is 25.2 Å². The fourth-order valence-electron chi connectivity index (χ4n) is 0.634. The van der Waals surface area contributed by atoms with Crippen LogP contribution >= 0.6 is 0 Å². The van der Waals surface area contributed by atoms with Gasteiger partial charge in [-0.15, -0.1) is 0 Å². The normalized spacial score (nSPS) is 49.2. The summed E-state index contributed by atoms with van der Waals surface area (Å²) in [4.78, 5) is 0. The van der Waals surface area contributed by atoms with Crippen molar-refractivity contribution in [2.24, 2.45) is 0 Å². The second-order valence-electron chi connectivity index (χ2n) is 2.05. The maximum atomic E-state index is 8.81. The molecule has 2 radical (unpaired) electrons. The highest BCUT2D eigenvalue weighted by Crippen LogP contribution is 2.15. The summed E-state index contributed by atoms with van der Waals surface area (Å²) in [5, 5.41) is 35.0. The average molecular weight is 148 g/mol. The van der Waals surface area contributed by atoms with Crippen LogP contribution in [-0.4, -0.2) is 45.0 Å². The molecular formula is C5H8O5. The minimum Gasteiger partial charge on any atom is -0.387 e. The van der Waals surface area contributed by atoms with E-state index in [1.165, 1.54) is 0 Å². The Kier molecular flexibility index (Phi) is 2.22. The van der Waals surface area contributed by atoms with Gasteiger partial charge in [0.15, 0.2) is 12.9 Å². The van der Waals surface area contributed by atoms with Crippen molar-refractivity contribution in [1.82, 2.24) is 0 Å². The molecule has 4 atom stereocenters. The van der Waals surface area contributed by atoms with Gasteiger partial charge in [-0.05, 0) is 0 Å². The average Bonchev–Trinajstić information content (AvgIpc) is 1.93. The second kappa shape index (κ2) is 2.81. The van der Waals surface area contributed by atoms with Crippen LogP contribution in [0, 0.1) is 6.61 Å². The van der Waals surface area contributed by atoms with Crippen LogP contribution in [0.4, 0.5) is 0 Å². The Morgan fingerprint density at radius 3 is 2.10 bits per heavy atom. The highest BCUT2D eigenvalue weighted by molar-refractivity contribution is 4.87. The molecule has 1 fully saturated rings. The third kappa shape index (κ3) is 1.28. The second-order valence-corrected chi connectivity index (χ2v) is 2.05. The van der Waals surface area contributed by atoms with Crippen molar-refractivity contribution in [1.29, 1.82) is 0 Å². The lowest BCUT2D eigenvalue weighted by Crippen LogP contribution is -2.50. The van der Waals surface area contributed by atoms with Gasteiger partial charge in [-0.1, -0.05) is 0 Å². The first-order valence-electron chi connectivity index (χ1n) is 2.76. The molecule has 0 spiro atoms. The Hall–Kier alpha value is -0.200. The summed E-state index contributed by atoms with van der Waals surface area (Å²) in [6.07, 6.45) is -5.77. The molecule has 0 bridgehead atoms. The van der Waals surface area contributed by atoms with Gasteiger partial charge in [0.25, 0.3) is 0 Å². The Bertz CT molecular complexity index is 103. The molecule has 4 N–H and O–H groups in total. The molecule has 4 unspecified atom stereocenters. The SMILES string of the molecule is OC1[C]OC(O)C(O)C1O. The molecule has 0 aliphatic carbocycles. The summed E-state index contributed by atoms with van der Waals surface area (Å²) in [7, 11) is 0. The van der Waals surface area contributed by atoms with Gasteiger partial charge in [-0.3, -0.25) is 0 Å².